The van der Waals surface area contributed by atoms with Gasteiger partial charge in [-0.25, -0.2) is 4.98 Å². The summed E-state index contributed by atoms with van der Waals surface area (Å²) in [5.74, 6) is 1.35. The first-order chi connectivity index (χ1) is 11.3. The molecule has 1 N–H and O–H groups in total. The van der Waals surface area contributed by atoms with Crippen LogP contribution in [0, 0.1) is 5.92 Å². The van der Waals surface area contributed by atoms with Gasteiger partial charge in [0.25, 0.3) is 0 Å². The first kappa shape index (κ1) is 13.4. The lowest BCUT2D eigenvalue weighted by molar-refractivity contribution is -0.153. The fourth-order valence-corrected chi connectivity index (χ4v) is 4.23. The van der Waals surface area contributed by atoms with E-state index in [0.717, 1.165) is 41.9 Å². The van der Waals surface area contributed by atoms with Crippen molar-refractivity contribution in [2.75, 3.05) is 13.2 Å². The predicted molar refractivity (Wildman–Crippen MR) is 83.0 cm³/mol. The van der Waals surface area contributed by atoms with Crippen LogP contribution in [0.2, 0.25) is 0 Å². The van der Waals surface area contributed by atoms with E-state index < -0.39 is 5.79 Å². The van der Waals surface area contributed by atoms with Crippen LogP contribution in [0.4, 0.5) is 0 Å². The summed E-state index contributed by atoms with van der Waals surface area (Å²) in [5.41, 5.74) is 2.66. The van der Waals surface area contributed by atoms with Crippen molar-refractivity contribution in [1.29, 1.82) is 0 Å². The molecule has 0 amide bonds. The molecule has 3 aromatic rings. The summed E-state index contributed by atoms with van der Waals surface area (Å²) < 4.78 is 14.0. The normalized spacial score (nSPS) is 26.8. The number of H-pyrrole nitrogens is 1. The van der Waals surface area contributed by atoms with Gasteiger partial charge in [-0.05, 0) is 12.0 Å². The van der Waals surface area contributed by atoms with Gasteiger partial charge in [-0.1, -0.05) is 13.3 Å². The van der Waals surface area contributed by atoms with Crippen molar-refractivity contribution in [2.45, 2.75) is 37.9 Å². The van der Waals surface area contributed by atoms with Crippen LogP contribution in [-0.4, -0.2) is 43.6 Å². The van der Waals surface area contributed by atoms with E-state index in [-0.39, 0.29) is 5.92 Å². The Hall–Kier alpha value is -1.99. The highest BCUT2D eigenvalue weighted by atomic mass is 16.7. The maximum atomic E-state index is 5.95. The minimum atomic E-state index is -0.415. The number of aromatic nitrogens is 5. The van der Waals surface area contributed by atoms with E-state index in [1.165, 1.54) is 0 Å². The third-order valence-corrected chi connectivity index (χ3v) is 5.31. The maximum absolute atomic E-state index is 5.95. The molecule has 0 aromatic carbocycles. The Kier molecular flexibility index (Phi) is 2.78. The second-order valence-electron chi connectivity index (χ2n) is 6.51. The molecule has 0 radical (unpaired) electrons. The summed E-state index contributed by atoms with van der Waals surface area (Å²) in [6, 6.07) is 2.02. The Bertz CT molecular complexity index is 864. The van der Waals surface area contributed by atoms with Crippen LogP contribution >= 0.6 is 0 Å². The average molecular weight is 313 g/mol. The summed E-state index contributed by atoms with van der Waals surface area (Å²) in [6.07, 6.45) is 6.53. The lowest BCUT2D eigenvalue weighted by Gasteiger charge is -2.21. The summed E-state index contributed by atoms with van der Waals surface area (Å²) in [7, 11) is 0. The molecule has 1 saturated heterocycles. The highest BCUT2D eigenvalue weighted by Crippen LogP contribution is 2.50. The standard InChI is InChI=1S/C16H19N5O2/c1-2-10-7-16(22-5-6-23-16)8-11(10)15-20-19-13-9-18-14-12(21(13)15)3-4-17-14/h3-4,9-11,17H,2,5-8H2,1H3/t10-,11+/m1/s1. The van der Waals surface area contributed by atoms with Crippen molar-refractivity contribution < 1.29 is 9.47 Å². The van der Waals surface area contributed by atoms with E-state index >= 15 is 0 Å². The summed E-state index contributed by atoms with van der Waals surface area (Å²) in [4.78, 5) is 7.55. The second-order valence-corrected chi connectivity index (χ2v) is 6.51. The van der Waals surface area contributed by atoms with Crippen molar-refractivity contribution in [3.05, 3.63) is 24.3 Å². The second kappa shape index (κ2) is 4.75. The van der Waals surface area contributed by atoms with Gasteiger partial charge < -0.3 is 14.5 Å². The minimum absolute atomic E-state index is 0.286. The number of nitrogens with zero attached hydrogens (tertiary/aromatic N) is 4. The molecule has 7 nitrogen and oxygen atoms in total. The Morgan fingerprint density at radius 3 is 3.00 bits per heavy atom. The van der Waals surface area contributed by atoms with Gasteiger partial charge in [-0.15, -0.1) is 10.2 Å². The molecule has 2 atom stereocenters. The highest BCUT2D eigenvalue weighted by molar-refractivity contribution is 5.74. The molecule has 0 unspecified atom stereocenters. The average Bonchev–Trinajstić information content (AvgIpc) is 3.33. The molecule has 1 aliphatic carbocycles. The van der Waals surface area contributed by atoms with Crippen molar-refractivity contribution in [3.8, 4) is 0 Å². The van der Waals surface area contributed by atoms with Crippen LogP contribution in [-0.2, 0) is 9.47 Å². The Morgan fingerprint density at radius 2 is 2.17 bits per heavy atom. The van der Waals surface area contributed by atoms with Gasteiger partial charge in [0, 0.05) is 25.0 Å². The van der Waals surface area contributed by atoms with Crippen LogP contribution < -0.4 is 0 Å². The molecular weight excluding hydrogens is 294 g/mol. The van der Waals surface area contributed by atoms with E-state index in [0.29, 0.717) is 19.1 Å². The molecular formula is C16H19N5O2. The first-order valence-electron chi connectivity index (χ1n) is 8.25. The molecule has 2 fully saturated rings. The molecule has 2 aliphatic rings. The van der Waals surface area contributed by atoms with E-state index in [4.69, 9.17) is 9.47 Å². The molecule has 3 aromatic heterocycles. The third kappa shape index (κ3) is 1.86. The molecule has 23 heavy (non-hydrogen) atoms. The van der Waals surface area contributed by atoms with E-state index in [9.17, 15) is 0 Å². The minimum Gasteiger partial charge on any atom is -0.347 e. The van der Waals surface area contributed by atoms with Gasteiger partial charge in [-0.3, -0.25) is 4.40 Å². The number of ether oxygens (including phenoxy) is 2. The Morgan fingerprint density at radius 1 is 1.30 bits per heavy atom. The molecule has 4 heterocycles. The van der Waals surface area contributed by atoms with Crippen LogP contribution in [0.25, 0.3) is 16.8 Å². The molecule has 0 bridgehead atoms. The number of aromatic amines is 1. The number of fused-ring (bicyclic) bond motifs is 3. The zero-order valence-corrected chi connectivity index (χ0v) is 13.0. The Labute approximate surface area is 133 Å². The monoisotopic (exact) mass is 313 g/mol. The van der Waals surface area contributed by atoms with Crippen LogP contribution in [0.15, 0.2) is 18.5 Å². The van der Waals surface area contributed by atoms with E-state index in [1.54, 1.807) is 6.20 Å². The fourth-order valence-electron chi connectivity index (χ4n) is 4.23. The Balaban J connectivity index is 1.65. The topological polar surface area (TPSA) is 77.3 Å². The number of rotatable bonds is 2. The summed E-state index contributed by atoms with van der Waals surface area (Å²) in [5, 5.41) is 8.84. The maximum Gasteiger partial charge on any atom is 0.179 e. The van der Waals surface area contributed by atoms with Crippen molar-refractivity contribution in [1.82, 2.24) is 24.6 Å². The van der Waals surface area contributed by atoms with Gasteiger partial charge in [-0.2, -0.15) is 0 Å². The largest absolute Gasteiger partial charge is 0.347 e. The van der Waals surface area contributed by atoms with Gasteiger partial charge in [0.1, 0.15) is 5.82 Å². The van der Waals surface area contributed by atoms with Crippen LogP contribution in [0.1, 0.15) is 37.9 Å². The number of hydrogen-bond acceptors (Lipinski definition) is 5. The molecule has 7 heteroatoms. The lowest BCUT2D eigenvalue weighted by atomic mass is 9.93. The zero-order chi connectivity index (χ0) is 15.4. The lowest BCUT2D eigenvalue weighted by Crippen LogP contribution is -2.26. The smallest absolute Gasteiger partial charge is 0.179 e. The zero-order valence-electron chi connectivity index (χ0n) is 13.0. The molecule has 5 rings (SSSR count). The molecule has 120 valence electrons. The predicted octanol–water partition coefficient (Wildman–Crippen LogP) is 2.25. The van der Waals surface area contributed by atoms with E-state index in [2.05, 4.69) is 31.5 Å². The summed E-state index contributed by atoms with van der Waals surface area (Å²) in [6.45, 7) is 3.60. The first-order valence-corrected chi connectivity index (χ1v) is 8.25. The van der Waals surface area contributed by atoms with Crippen LogP contribution in [0.3, 0.4) is 0 Å². The molecule has 1 saturated carbocycles. The van der Waals surface area contributed by atoms with Crippen molar-refractivity contribution >= 4 is 16.8 Å². The van der Waals surface area contributed by atoms with Crippen LogP contribution in [0.5, 0.6) is 0 Å². The third-order valence-electron chi connectivity index (χ3n) is 5.31. The molecule has 1 spiro atoms. The number of nitrogens with one attached hydrogen (secondary N) is 1. The number of hydrogen-bond donors (Lipinski definition) is 1. The highest BCUT2D eigenvalue weighted by Gasteiger charge is 2.50. The van der Waals surface area contributed by atoms with Crippen molar-refractivity contribution in [3.63, 3.8) is 0 Å². The fraction of sp³-hybridized carbons (Fsp3) is 0.562. The van der Waals surface area contributed by atoms with Crippen molar-refractivity contribution in [2.24, 2.45) is 5.92 Å². The van der Waals surface area contributed by atoms with Gasteiger partial charge in [0.15, 0.2) is 17.1 Å². The molecule has 1 aliphatic heterocycles. The summed E-state index contributed by atoms with van der Waals surface area (Å²) >= 11 is 0. The van der Waals surface area contributed by atoms with Gasteiger partial charge >= 0.3 is 0 Å². The van der Waals surface area contributed by atoms with Gasteiger partial charge in [0.2, 0.25) is 0 Å². The van der Waals surface area contributed by atoms with Gasteiger partial charge in [0.05, 0.1) is 24.9 Å². The van der Waals surface area contributed by atoms with E-state index in [1.807, 2.05) is 12.3 Å². The quantitative estimate of drug-likeness (QED) is 0.785. The SMILES string of the molecule is CC[C@@H]1CC2(C[C@@H]1c1nnc3cnc4[nH]ccc4n13)OCCO2.